The Morgan fingerprint density at radius 2 is 1.74 bits per heavy atom. The summed E-state index contributed by atoms with van der Waals surface area (Å²) in [6.45, 7) is 9.71. The summed E-state index contributed by atoms with van der Waals surface area (Å²) in [6.07, 6.45) is 1.73. The summed E-state index contributed by atoms with van der Waals surface area (Å²) in [4.78, 5) is 27.9. The van der Waals surface area contributed by atoms with E-state index in [4.69, 9.17) is 4.74 Å². The first-order valence-electron chi connectivity index (χ1n) is 12.0. The molecule has 188 valence electrons. The van der Waals surface area contributed by atoms with Gasteiger partial charge in [0, 0.05) is 37.0 Å². The molecule has 0 aromatic heterocycles. The summed E-state index contributed by atoms with van der Waals surface area (Å²) in [6, 6.07) is 11.2. The number of carbonyl (C=O) groups excluding carboxylic acids is 2. The summed E-state index contributed by atoms with van der Waals surface area (Å²) in [7, 11) is -3.53. The molecule has 1 N–H and O–H groups in total. The van der Waals surface area contributed by atoms with Crippen LogP contribution >= 0.6 is 0 Å². The maximum absolute atomic E-state index is 13.1. The van der Waals surface area contributed by atoms with Crippen LogP contribution in [0.1, 0.15) is 50.9 Å². The Morgan fingerprint density at radius 1 is 1.09 bits per heavy atom. The zero-order chi connectivity index (χ0) is 25.4. The zero-order valence-electron chi connectivity index (χ0n) is 20.7. The van der Waals surface area contributed by atoms with E-state index in [-0.39, 0.29) is 29.2 Å². The number of hydrogen-bond acceptors (Lipinski definition) is 5. The second-order valence-corrected chi connectivity index (χ2v) is 12.2. The Morgan fingerprint density at radius 3 is 2.37 bits per heavy atom. The van der Waals surface area contributed by atoms with E-state index < -0.39 is 15.4 Å². The van der Waals surface area contributed by atoms with E-state index in [1.807, 2.05) is 13.8 Å². The number of nitrogens with one attached hydrogen (secondary N) is 1. The van der Waals surface area contributed by atoms with Crippen molar-refractivity contribution in [2.75, 3.05) is 36.5 Å². The number of amides is 2. The first-order valence-corrected chi connectivity index (χ1v) is 13.4. The minimum atomic E-state index is -3.53. The number of hydrogen-bond donors (Lipinski definition) is 1. The van der Waals surface area contributed by atoms with Crippen LogP contribution in [0.15, 0.2) is 47.4 Å². The first kappa shape index (κ1) is 25.2. The molecule has 35 heavy (non-hydrogen) atoms. The van der Waals surface area contributed by atoms with Gasteiger partial charge in [-0.15, -0.1) is 0 Å². The molecule has 2 aliphatic heterocycles. The van der Waals surface area contributed by atoms with Gasteiger partial charge in [-0.1, -0.05) is 13.8 Å². The molecule has 2 aromatic carbocycles. The van der Waals surface area contributed by atoms with Gasteiger partial charge in [-0.3, -0.25) is 9.59 Å². The molecule has 0 spiro atoms. The van der Waals surface area contributed by atoms with Crippen LogP contribution in [0.5, 0.6) is 5.75 Å². The van der Waals surface area contributed by atoms with E-state index >= 15 is 0 Å². The molecule has 2 heterocycles. The van der Waals surface area contributed by atoms with Gasteiger partial charge in [-0.05, 0) is 69.0 Å². The molecular weight excluding hydrogens is 466 g/mol. The van der Waals surface area contributed by atoms with Gasteiger partial charge in [0.1, 0.15) is 12.4 Å². The standard InChI is InChI=1S/C26H33N3O5S/c1-18(2)16-29-22-12-9-20(15-23(22)34-17-26(3,4)25(29)31)27-24(30)19-7-10-21(11-8-19)35(32,33)28-13-5-6-14-28/h7-12,15,18H,5-6,13-14,16-17H2,1-4H3,(H,27,30). The summed E-state index contributed by atoms with van der Waals surface area (Å²) >= 11 is 0. The average Bonchev–Trinajstić information content (AvgIpc) is 3.34. The van der Waals surface area contributed by atoms with Crippen molar-refractivity contribution in [1.29, 1.82) is 0 Å². The quantitative estimate of drug-likeness (QED) is 0.645. The highest BCUT2D eigenvalue weighted by Crippen LogP contribution is 2.38. The zero-order valence-corrected chi connectivity index (χ0v) is 21.5. The van der Waals surface area contributed by atoms with Crippen LogP contribution in [0.25, 0.3) is 0 Å². The fourth-order valence-corrected chi connectivity index (χ4v) is 5.85. The number of fused-ring (bicyclic) bond motifs is 1. The normalized spacial score (nSPS) is 18.2. The fraction of sp³-hybridized carbons (Fsp3) is 0.462. The lowest BCUT2D eigenvalue weighted by Gasteiger charge is -2.29. The third-order valence-electron chi connectivity index (χ3n) is 6.29. The van der Waals surface area contributed by atoms with Crippen LogP contribution in [0.4, 0.5) is 11.4 Å². The van der Waals surface area contributed by atoms with E-state index in [0.717, 1.165) is 12.8 Å². The van der Waals surface area contributed by atoms with Crippen molar-refractivity contribution in [3.63, 3.8) is 0 Å². The second-order valence-electron chi connectivity index (χ2n) is 10.3. The number of ether oxygens (including phenoxy) is 1. The van der Waals surface area contributed by atoms with Gasteiger partial charge in [0.05, 0.1) is 16.0 Å². The van der Waals surface area contributed by atoms with Crippen LogP contribution in [0.3, 0.4) is 0 Å². The Hall–Kier alpha value is -2.91. The molecule has 0 unspecified atom stereocenters. The van der Waals surface area contributed by atoms with Crippen molar-refractivity contribution < 1.29 is 22.7 Å². The van der Waals surface area contributed by atoms with Gasteiger partial charge in [-0.2, -0.15) is 4.31 Å². The molecule has 2 aromatic rings. The molecule has 9 heteroatoms. The molecule has 0 atom stereocenters. The van der Waals surface area contributed by atoms with Crippen LogP contribution in [-0.4, -0.2) is 50.8 Å². The van der Waals surface area contributed by atoms with E-state index in [0.29, 0.717) is 42.3 Å². The van der Waals surface area contributed by atoms with Crippen molar-refractivity contribution in [2.45, 2.75) is 45.4 Å². The van der Waals surface area contributed by atoms with Gasteiger partial charge in [-0.25, -0.2) is 8.42 Å². The number of rotatable bonds is 6. The lowest BCUT2D eigenvalue weighted by molar-refractivity contribution is -0.127. The lowest BCUT2D eigenvalue weighted by atomic mass is 9.92. The highest BCUT2D eigenvalue weighted by atomic mass is 32.2. The highest BCUT2D eigenvalue weighted by Gasteiger charge is 2.38. The molecule has 2 aliphatic rings. The SMILES string of the molecule is CC(C)CN1C(=O)C(C)(C)COc2cc(NC(=O)c3ccc(S(=O)(=O)N4CCCC4)cc3)ccc21. The molecule has 8 nitrogen and oxygen atoms in total. The summed E-state index contributed by atoms with van der Waals surface area (Å²) in [5.41, 5.74) is 0.885. The highest BCUT2D eigenvalue weighted by molar-refractivity contribution is 7.89. The third kappa shape index (κ3) is 5.21. The molecule has 1 saturated heterocycles. The van der Waals surface area contributed by atoms with Crippen LogP contribution in [0.2, 0.25) is 0 Å². The molecule has 1 fully saturated rings. The number of nitrogens with zero attached hydrogens (tertiary/aromatic N) is 2. The smallest absolute Gasteiger partial charge is 0.255 e. The first-order chi connectivity index (χ1) is 16.5. The van der Waals surface area contributed by atoms with Crippen molar-refractivity contribution >= 4 is 33.2 Å². The van der Waals surface area contributed by atoms with Crippen molar-refractivity contribution in [2.24, 2.45) is 11.3 Å². The Kier molecular flexibility index (Phi) is 6.92. The fourth-order valence-electron chi connectivity index (χ4n) is 4.33. The Bertz CT molecular complexity index is 1220. The van der Waals surface area contributed by atoms with E-state index in [1.165, 1.54) is 28.6 Å². The Labute approximate surface area is 207 Å². The van der Waals surface area contributed by atoms with Crippen molar-refractivity contribution in [1.82, 2.24) is 4.31 Å². The molecule has 0 radical (unpaired) electrons. The van der Waals surface area contributed by atoms with Crippen LogP contribution in [0, 0.1) is 11.3 Å². The maximum atomic E-state index is 13.1. The van der Waals surface area contributed by atoms with Gasteiger partial charge in [0.2, 0.25) is 15.9 Å². The Balaban J connectivity index is 1.53. The second kappa shape index (κ2) is 9.62. The molecule has 4 rings (SSSR count). The monoisotopic (exact) mass is 499 g/mol. The number of sulfonamides is 1. The lowest BCUT2D eigenvalue weighted by Crippen LogP contribution is -2.43. The number of benzene rings is 2. The van der Waals surface area contributed by atoms with Crippen molar-refractivity contribution in [3.8, 4) is 5.75 Å². The molecule has 0 aliphatic carbocycles. The molecule has 0 bridgehead atoms. The topological polar surface area (TPSA) is 96.0 Å². The average molecular weight is 500 g/mol. The number of anilines is 2. The minimum Gasteiger partial charge on any atom is -0.490 e. The van der Waals surface area contributed by atoms with E-state index in [9.17, 15) is 18.0 Å². The molecular formula is C26H33N3O5S. The van der Waals surface area contributed by atoms with E-state index in [1.54, 1.807) is 23.1 Å². The van der Waals surface area contributed by atoms with Gasteiger partial charge in [0.25, 0.3) is 5.91 Å². The maximum Gasteiger partial charge on any atom is 0.255 e. The van der Waals surface area contributed by atoms with Crippen LogP contribution in [-0.2, 0) is 14.8 Å². The molecule has 2 amide bonds. The van der Waals surface area contributed by atoms with Gasteiger partial charge < -0.3 is 15.0 Å². The third-order valence-corrected chi connectivity index (χ3v) is 8.20. The summed E-state index contributed by atoms with van der Waals surface area (Å²) < 4.78 is 32.9. The van der Waals surface area contributed by atoms with Gasteiger partial charge >= 0.3 is 0 Å². The summed E-state index contributed by atoms with van der Waals surface area (Å²) in [5.74, 6) is 0.455. The largest absolute Gasteiger partial charge is 0.490 e. The summed E-state index contributed by atoms with van der Waals surface area (Å²) in [5, 5.41) is 2.85. The predicted octanol–water partition coefficient (Wildman–Crippen LogP) is 4.13. The minimum absolute atomic E-state index is 0.00529. The van der Waals surface area contributed by atoms with Gasteiger partial charge in [0.15, 0.2) is 0 Å². The molecule has 0 saturated carbocycles. The number of carbonyl (C=O) groups is 2. The van der Waals surface area contributed by atoms with Crippen molar-refractivity contribution in [3.05, 3.63) is 48.0 Å². The predicted molar refractivity (Wildman–Crippen MR) is 135 cm³/mol. The van der Waals surface area contributed by atoms with E-state index in [2.05, 4.69) is 19.2 Å². The van der Waals surface area contributed by atoms with Crippen LogP contribution < -0.4 is 15.0 Å².